The molecule has 4 rings (SSSR count). The fourth-order valence-corrected chi connectivity index (χ4v) is 4.22. The number of aromatic nitrogens is 3. The second-order valence-corrected chi connectivity index (χ2v) is 7.34. The number of nitrogens with zero attached hydrogens (tertiary/aromatic N) is 2. The number of carbonyl (C=O) groups is 1. The molecule has 0 spiro atoms. The molecule has 3 aromatic rings. The van der Waals surface area contributed by atoms with Crippen molar-refractivity contribution in [2.75, 3.05) is 18.4 Å². The van der Waals surface area contributed by atoms with E-state index >= 15 is 0 Å². The smallest absolute Gasteiger partial charge is 0.231 e. The summed E-state index contributed by atoms with van der Waals surface area (Å²) in [5.74, 6) is 1.05. The summed E-state index contributed by atoms with van der Waals surface area (Å²) in [6, 6.07) is 9.87. The molecule has 1 aliphatic heterocycles. The number of anilines is 1. The predicted octanol–water partition coefficient (Wildman–Crippen LogP) is 3.18. The molecule has 3 heterocycles. The second-order valence-electron chi connectivity index (χ2n) is 6.45. The predicted molar refractivity (Wildman–Crippen MR) is 103 cm³/mol. The fourth-order valence-electron chi connectivity index (χ4n) is 3.23. The highest BCUT2D eigenvalue weighted by Crippen LogP contribution is 2.28. The Kier molecular flexibility index (Phi) is 5.08. The third-order valence-corrected chi connectivity index (χ3v) is 5.64. The van der Waals surface area contributed by atoms with Gasteiger partial charge in [-0.25, -0.2) is 4.98 Å². The highest BCUT2D eigenvalue weighted by molar-refractivity contribution is 7.09. The molecule has 134 valence electrons. The molecule has 26 heavy (non-hydrogen) atoms. The van der Waals surface area contributed by atoms with Gasteiger partial charge in [-0.1, -0.05) is 30.3 Å². The normalized spacial score (nSPS) is 15.1. The molecule has 1 aliphatic rings. The van der Waals surface area contributed by atoms with Crippen LogP contribution < -0.4 is 10.6 Å². The Balaban J connectivity index is 1.41. The molecule has 0 aliphatic carbocycles. The van der Waals surface area contributed by atoms with Gasteiger partial charge in [0.15, 0.2) is 0 Å². The molecule has 1 amide bonds. The number of benzene rings is 1. The highest BCUT2D eigenvalue weighted by Gasteiger charge is 2.19. The van der Waals surface area contributed by atoms with E-state index in [2.05, 4.69) is 25.8 Å². The highest BCUT2D eigenvalue weighted by atomic mass is 32.1. The molecule has 1 fully saturated rings. The van der Waals surface area contributed by atoms with Gasteiger partial charge >= 0.3 is 0 Å². The standard InChI is InChI=1S/C19H21N5OS/c25-17(10-15-12-26-19(22-15)14-6-8-20-9-7-14)23-18-16(11-21-24-18)13-4-2-1-3-5-13/h1-5,11-12,14,20H,6-10H2,(H2,21,23,24,25). The summed E-state index contributed by atoms with van der Waals surface area (Å²) in [7, 11) is 0. The fraction of sp³-hybridized carbons (Fsp3) is 0.316. The quantitative estimate of drug-likeness (QED) is 0.647. The van der Waals surface area contributed by atoms with Crippen LogP contribution in [0.4, 0.5) is 5.82 Å². The second kappa shape index (κ2) is 7.80. The summed E-state index contributed by atoms with van der Waals surface area (Å²) in [5.41, 5.74) is 2.73. The first-order valence-corrected chi connectivity index (χ1v) is 9.71. The van der Waals surface area contributed by atoms with E-state index in [4.69, 9.17) is 0 Å². The zero-order valence-electron chi connectivity index (χ0n) is 14.4. The third kappa shape index (κ3) is 3.84. The molecule has 3 N–H and O–H groups in total. The molecule has 1 saturated heterocycles. The first-order chi connectivity index (χ1) is 12.8. The van der Waals surface area contributed by atoms with Gasteiger partial charge in [-0.15, -0.1) is 11.3 Å². The van der Waals surface area contributed by atoms with E-state index in [0.29, 0.717) is 11.7 Å². The Bertz CT molecular complexity index is 867. The Morgan fingerprint density at radius 1 is 1.23 bits per heavy atom. The van der Waals surface area contributed by atoms with Crippen molar-refractivity contribution in [3.05, 3.63) is 52.6 Å². The van der Waals surface area contributed by atoms with Crippen LogP contribution in [-0.4, -0.2) is 34.2 Å². The first-order valence-electron chi connectivity index (χ1n) is 8.83. The molecule has 0 radical (unpaired) electrons. The zero-order valence-corrected chi connectivity index (χ0v) is 15.2. The average molecular weight is 367 g/mol. The maximum absolute atomic E-state index is 12.4. The van der Waals surface area contributed by atoms with Gasteiger partial charge in [-0.2, -0.15) is 5.10 Å². The van der Waals surface area contributed by atoms with Gasteiger partial charge in [-0.05, 0) is 31.5 Å². The van der Waals surface area contributed by atoms with Gasteiger partial charge in [0.1, 0.15) is 5.82 Å². The van der Waals surface area contributed by atoms with Crippen LogP contribution in [-0.2, 0) is 11.2 Å². The molecule has 0 saturated carbocycles. The Hall–Kier alpha value is -2.51. The molecule has 6 nitrogen and oxygen atoms in total. The number of hydrogen-bond donors (Lipinski definition) is 3. The SMILES string of the molecule is O=C(Cc1csc(C2CCNCC2)n1)Nc1[nH]ncc1-c1ccccc1. The van der Waals surface area contributed by atoms with E-state index in [9.17, 15) is 4.79 Å². The van der Waals surface area contributed by atoms with Crippen molar-refractivity contribution in [1.29, 1.82) is 0 Å². The molecule has 0 bridgehead atoms. The number of nitrogens with one attached hydrogen (secondary N) is 3. The van der Waals surface area contributed by atoms with Crippen LogP contribution >= 0.6 is 11.3 Å². The van der Waals surface area contributed by atoms with Crippen LogP contribution in [0, 0.1) is 0 Å². The summed E-state index contributed by atoms with van der Waals surface area (Å²) in [6.07, 6.45) is 4.24. The number of piperidine rings is 1. The van der Waals surface area contributed by atoms with Crippen LogP contribution in [0.1, 0.15) is 29.5 Å². The zero-order chi connectivity index (χ0) is 17.8. The number of hydrogen-bond acceptors (Lipinski definition) is 5. The van der Waals surface area contributed by atoms with Crippen molar-refractivity contribution in [3.8, 4) is 11.1 Å². The van der Waals surface area contributed by atoms with Crippen LogP contribution in [0.2, 0.25) is 0 Å². The number of aromatic amines is 1. The number of H-pyrrole nitrogens is 1. The minimum Gasteiger partial charge on any atom is -0.317 e. The van der Waals surface area contributed by atoms with Crippen molar-refractivity contribution in [1.82, 2.24) is 20.5 Å². The lowest BCUT2D eigenvalue weighted by atomic mass is 9.99. The monoisotopic (exact) mass is 367 g/mol. The molecular formula is C19H21N5OS. The molecule has 7 heteroatoms. The minimum absolute atomic E-state index is 0.0893. The average Bonchev–Trinajstić information content (AvgIpc) is 3.33. The van der Waals surface area contributed by atoms with E-state index < -0.39 is 0 Å². The van der Waals surface area contributed by atoms with Crippen LogP contribution in [0.3, 0.4) is 0 Å². The summed E-state index contributed by atoms with van der Waals surface area (Å²) in [5, 5.41) is 16.4. The summed E-state index contributed by atoms with van der Waals surface area (Å²) >= 11 is 1.67. The maximum Gasteiger partial charge on any atom is 0.231 e. The maximum atomic E-state index is 12.4. The van der Waals surface area contributed by atoms with Gasteiger partial charge < -0.3 is 10.6 Å². The number of rotatable bonds is 5. The molecule has 1 aromatic carbocycles. The van der Waals surface area contributed by atoms with E-state index in [1.165, 1.54) is 0 Å². The van der Waals surface area contributed by atoms with Crippen molar-refractivity contribution < 1.29 is 4.79 Å². The first kappa shape index (κ1) is 16.9. The number of amides is 1. The van der Waals surface area contributed by atoms with E-state index in [1.807, 2.05) is 35.7 Å². The summed E-state index contributed by atoms with van der Waals surface area (Å²) in [6.45, 7) is 2.09. The molecule has 2 aromatic heterocycles. The molecule has 0 unspecified atom stereocenters. The van der Waals surface area contributed by atoms with Crippen LogP contribution in [0.15, 0.2) is 41.9 Å². The van der Waals surface area contributed by atoms with E-state index in [-0.39, 0.29) is 12.3 Å². The van der Waals surface area contributed by atoms with Crippen molar-refractivity contribution in [3.63, 3.8) is 0 Å². The molecular weight excluding hydrogens is 346 g/mol. The van der Waals surface area contributed by atoms with E-state index in [1.54, 1.807) is 17.5 Å². The summed E-state index contributed by atoms with van der Waals surface area (Å²) in [4.78, 5) is 17.1. The lowest BCUT2D eigenvalue weighted by Crippen LogP contribution is -2.26. The minimum atomic E-state index is -0.0893. The van der Waals surface area contributed by atoms with Crippen molar-refractivity contribution >= 4 is 23.1 Å². The number of carbonyl (C=O) groups excluding carboxylic acids is 1. The van der Waals surface area contributed by atoms with Gasteiger partial charge in [0, 0.05) is 16.9 Å². The Morgan fingerprint density at radius 2 is 2.04 bits per heavy atom. The van der Waals surface area contributed by atoms with Crippen LogP contribution in [0.5, 0.6) is 0 Å². The molecule has 0 atom stereocenters. The van der Waals surface area contributed by atoms with Gasteiger partial charge in [0.2, 0.25) is 5.91 Å². The number of thiazole rings is 1. The van der Waals surface area contributed by atoms with E-state index in [0.717, 1.165) is 47.8 Å². The topological polar surface area (TPSA) is 82.7 Å². The lowest BCUT2D eigenvalue weighted by molar-refractivity contribution is -0.115. The summed E-state index contributed by atoms with van der Waals surface area (Å²) < 4.78 is 0. The van der Waals surface area contributed by atoms with Gasteiger partial charge in [-0.3, -0.25) is 9.89 Å². The Labute approximate surface area is 156 Å². The van der Waals surface area contributed by atoms with Crippen molar-refractivity contribution in [2.45, 2.75) is 25.2 Å². The Morgan fingerprint density at radius 3 is 2.85 bits per heavy atom. The largest absolute Gasteiger partial charge is 0.317 e. The van der Waals surface area contributed by atoms with Gasteiger partial charge in [0.05, 0.1) is 23.3 Å². The third-order valence-electron chi connectivity index (χ3n) is 4.59. The lowest BCUT2D eigenvalue weighted by Gasteiger charge is -2.20. The van der Waals surface area contributed by atoms with Gasteiger partial charge in [0.25, 0.3) is 0 Å². The van der Waals surface area contributed by atoms with Crippen molar-refractivity contribution in [2.24, 2.45) is 0 Å². The van der Waals surface area contributed by atoms with Crippen LogP contribution in [0.25, 0.3) is 11.1 Å².